The van der Waals surface area contributed by atoms with Gasteiger partial charge in [0.15, 0.2) is 0 Å². The summed E-state index contributed by atoms with van der Waals surface area (Å²) in [6.45, 7) is 0.252. The van der Waals surface area contributed by atoms with E-state index in [9.17, 15) is 4.79 Å². The number of thioether (sulfide) groups is 1. The highest BCUT2D eigenvalue weighted by atomic mass is 32.2. The maximum absolute atomic E-state index is 12.2. The molecule has 110 valence electrons. The zero-order valence-electron chi connectivity index (χ0n) is 11.7. The summed E-state index contributed by atoms with van der Waals surface area (Å²) < 4.78 is 5.04. The van der Waals surface area contributed by atoms with Crippen molar-refractivity contribution in [2.45, 2.75) is 61.8 Å². The molecule has 0 amide bonds. The predicted molar refractivity (Wildman–Crippen MR) is 77.3 cm³/mol. The van der Waals surface area contributed by atoms with Crippen LogP contribution >= 0.6 is 11.8 Å². The molecule has 5 heteroatoms. The highest BCUT2D eigenvalue weighted by molar-refractivity contribution is 7.99. The normalized spacial score (nSPS) is 31.2. The van der Waals surface area contributed by atoms with Crippen molar-refractivity contribution in [3.05, 3.63) is 0 Å². The van der Waals surface area contributed by atoms with E-state index in [4.69, 9.17) is 9.84 Å². The van der Waals surface area contributed by atoms with Gasteiger partial charge in [-0.2, -0.15) is 11.8 Å². The average molecular weight is 287 g/mol. The molecule has 0 saturated heterocycles. The average Bonchev–Trinajstić information content (AvgIpc) is 3.22. The first kappa shape index (κ1) is 15.1. The Morgan fingerprint density at radius 1 is 1.47 bits per heavy atom. The smallest absolute Gasteiger partial charge is 0.326 e. The molecule has 4 nitrogen and oxygen atoms in total. The third kappa shape index (κ3) is 4.10. The Kier molecular flexibility index (Phi) is 5.54. The van der Waals surface area contributed by atoms with Crippen LogP contribution in [0.3, 0.4) is 0 Å². The SMILES string of the molecule is COC(=O)C1(NC2CC2)CCCC(SCCCO)C1. The molecule has 2 rings (SSSR count). The molecule has 0 spiro atoms. The van der Waals surface area contributed by atoms with Crippen LogP contribution in [0.4, 0.5) is 0 Å². The zero-order valence-corrected chi connectivity index (χ0v) is 12.5. The fourth-order valence-electron chi connectivity index (χ4n) is 2.87. The number of methoxy groups -OCH3 is 1. The molecular weight excluding hydrogens is 262 g/mol. The van der Waals surface area contributed by atoms with Crippen LogP contribution in [0.25, 0.3) is 0 Å². The molecule has 2 unspecified atom stereocenters. The molecule has 2 aliphatic rings. The lowest BCUT2D eigenvalue weighted by Crippen LogP contribution is -2.56. The number of esters is 1. The Bertz CT molecular complexity index is 309. The zero-order chi connectivity index (χ0) is 13.7. The van der Waals surface area contributed by atoms with Gasteiger partial charge in [-0.15, -0.1) is 0 Å². The van der Waals surface area contributed by atoms with Gasteiger partial charge in [0.2, 0.25) is 0 Å². The molecule has 0 aromatic rings. The summed E-state index contributed by atoms with van der Waals surface area (Å²) in [5, 5.41) is 12.9. The van der Waals surface area contributed by atoms with E-state index in [2.05, 4.69) is 5.32 Å². The highest BCUT2D eigenvalue weighted by Gasteiger charge is 2.46. The van der Waals surface area contributed by atoms with Crippen molar-refractivity contribution in [1.29, 1.82) is 0 Å². The minimum Gasteiger partial charge on any atom is -0.468 e. The molecule has 0 radical (unpaired) electrons. The first-order valence-electron chi connectivity index (χ1n) is 7.29. The van der Waals surface area contributed by atoms with Crippen molar-refractivity contribution >= 4 is 17.7 Å². The fraction of sp³-hybridized carbons (Fsp3) is 0.929. The van der Waals surface area contributed by atoms with Crippen LogP contribution in [0, 0.1) is 0 Å². The lowest BCUT2D eigenvalue weighted by Gasteiger charge is -2.39. The molecular formula is C14H25NO3S. The summed E-state index contributed by atoms with van der Waals surface area (Å²) in [7, 11) is 1.49. The van der Waals surface area contributed by atoms with Gasteiger partial charge in [0, 0.05) is 17.9 Å². The number of ether oxygens (including phenoxy) is 1. The van der Waals surface area contributed by atoms with Gasteiger partial charge in [-0.1, -0.05) is 0 Å². The fourth-order valence-corrected chi connectivity index (χ4v) is 4.24. The van der Waals surface area contributed by atoms with Gasteiger partial charge in [-0.3, -0.25) is 10.1 Å². The minimum atomic E-state index is -0.453. The molecule has 2 N–H and O–H groups in total. The summed E-state index contributed by atoms with van der Waals surface area (Å²) >= 11 is 1.89. The topological polar surface area (TPSA) is 58.6 Å². The second-order valence-corrected chi connectivity index (χ2v) is 7.07. The van der Waals surface area contributed by atoms with Gasteiger partial charge >= 0.3 is 5.97 Å². The second kappa shape index (κ2) is 6.95. The molecule has 2 fully saturated rings. The van der Waals surface area contributed by atoms with Gasteiger partial charge in [0.1, 0.15) is 5.54 Å². The largest absolute Gasteiger partial charge is 0.468 e. The maximum atomic E-state index is 12.2. The number of hydrogen-bond acceptors (Lipinski definition) is 5. The number of aliphatic hydroxyl groups excluding tert-OH is 1. The Balaban J connectivity index is 1.94. The lowest BCUT2D eigenvalue weighted by molar-refractivity contribution is -0.150. The van der Waals surface area contributed by atoms with Crippen LogP contribution in [0.2, 0.25) is 0 Å². The van der Waals surface area contributed by atoms with Crippen molar-refractivity contribution in [3.8, 4) is 0 Å². The predicted octanol–water partition coefficient (Wildman–Crippen LogP) is 1.71. The molecule has 2 aliphatic carbocycles. The standard InChI is InChI=1S/C14H25NO3S/c1-18-13(17)14(15-11-5-6-11)7-2-4-12(10-14)19-9-3-8-16/h11-12,15-16H,2-10H2,1H3. The Labute approximate surface area is 119 Å². The van der Waals surface area contributed by atoms with Gasteiger partial charge in [0.05, 0.1) is 7.11 Å². The van der Waals surface area contributed by atoms with Crippen LogP contribution in [0.5, 0.6) is 0 Å². The maximum Gasteiger partial charge on any atom is 0.326 e. The quantitative estimate of drug-likeness (QED) is 0.551. The summed E-state index contributed by atoms with van der Waals surface area (Å²) in [6.07, 6.45) is 7.21. The first-order valence-corrected chi connectivity index (χ1v) is 8.33. The van der Waals surface area contributed by atoms with Gasteiger partial charge < -0.3 is 9.84 Å². The Hall–Kier alpha value is -0.260. The van der Waals surface area contributed by atoms with E-state index in [-0.39, 0.29) is 12.6 Å². The van der Waals surface area contributed by atoms with Crippen molar-refractivity contribution in [3.63, 3.8) is 0 Å². The summed E-state index contributed by atoms with van der Waals surface area (Å²) in [5.74, 6) is 0.883. The van der Waals surface area contributed by atoms with E-state index in [1.807, 2.05) is 11.8 Å². The molecule has 0 aromatic carbocycles. The molecule has 0 aliphatic heterocycles. The summed E-state index contributed by atoms with van der Waals surface area (Å²) in [6, 6.07) is 0.514. The van der Waals surface area contributed by atoms with Crippen molar-refractivity contribution < 1.29 is 14.6 Å². The minimum absolute atomic E-state index is 0.0909. The van der Waals surface area contributed by atoms with Crippen molar-refractivity contribution in [2.75, 3.05) is 19.5 Å². The van der Waals surface area contributed by atoms with E-state index in [0.29, 0.717) is 11.3 Å². The summed E-state index contributed by atoms with van der Waals surface area (Å²) in [4.78, 5) is 12.2. The summed E-state index contributed by atoms with van der Waals surface area (Å²) in [5.41, 5.74) is -0.453. The lowest BCUT2D eigenvalue weighted by atomic mass is 9.81. The van der Waals surface area contributed by atoms with Crippen molar-refractivity contribution in [1.82, 2.24) is 5.32 Å². The molecule has 2 atom stereocenters. The molecule has 19 heavy (non-hydrogen) atoms. The molecule has 2 saturated carbocycles. The van der Waals surface area contributed by atoms with Gasteiger partial charge in [0.25, 0.3) is 0 Å². The third-order valence-electron chi connectivity index (χ3n) is 4.00. The van der Waals surface area contributed by atoms with E-state index in [1.54, 1.807) is 0 Å². The van der Waals surface area contributed by atoms with Crippen LogP contribution in [0.1, 0.15) is 44.9 Å². The third-order valence-corrected chi connectivity index (χ3v) is 5.39. The number of hydrogen-bond donors (Lipinski definition) is 2. The van der Waals surface area contributed by atoms with E-state index >= 15 is 0 Å². The van der Waals surface area contributed by atoms with Crippen LogP contribution in [-0.4, -0.2) is 47.4 Å². The number of nitrogens with one attached hydrogen (secondary N) is 1. The number of carbonyl (C=O) groups is 1. The number of carbonyl (C=O) groups excluding carboxylic acids is 1. The van der Waals surface area contributed by atoms with E-state index < -0.39 is 5.54 Å². The Morgan fingerprint density at radius 2 is 2.26 bits per heavy atom. The van der Waals surface area contributed by atoms with Crippen molar-refractivity contribution in [2.24, 2.45) is 0 Å². The van der Waals surface area contributed by atoms with Gasteiger partial charge in [-0.25, -0.2) is 0 Å². The monoisotopic (exact) mass is 287 g/mol. The van der Waals surface area contributed by atoms with Crippen LogP contribution in [0.15, 0.2) is 0 Å². The van der Waals surface area contributed by atoms with Crippen LogP contribution in [-0.2, 0) is 9.53 Å². The van der Waals surface area contributed by atoms with Crippen LogP contribution < -0.4 is 5.32 Å². The Morgan fingerprint density at radius 3 is 2.89 bits per heavy atom. The van der Waals surface area contributed by atoms with E-state index in [0.717, 1.165) is 31.4 Å². The van der Waals surface area contributed by atoms with Gasteiger partial charge in [-0.05, 0) is 50.7 Å². The molecule has 0 heterocycles. The highest BCUT2D eigenvalue weighted by Crippen LogP contribution is 2.38. The first-order chi connectivity index (χ1) is 9.20. The number of aliphatic hydroxyl groups is 1. The van der Waals surface area contributed by atoms with E-state index in [1.165, 1.54) is 26.4 Å². The number of rotatable bonds is 7. The second-order valence-electron chi connectivity index (χ2n) is 5.66. The molecule has 0 aromatic heterocycles. The molecule has 0 bridgehead atoms.